The third-order valence-corrected chi connectivity index (χ3v) is 0. The molecular formula is H18GdN3O18. The zero-order chi connectivity index (χ0) is 10.7. The van der Waals surface area contributed by atoms with Crippen molar-refractivity contribution in [3.05, 3.63) is 46.0 Å². The molecule has 0 amide bonds. The van der Waals surface area contributed by atoms with Crippen LogP contribution in [0.1, 0.15) is 0 Å². The maximum absolute atomic E-state index is 8.25. The van der Waals surface area contributed by atoms with Crippen LogP contribution in [0.15, 0.2) is 0 Å². The van der Waals surface area contributed by atoms with Crippen molar-refractivity contribution in [3.63, 3.8) is 0 Å². The van der Waals surface area contributed by atoms with Crippen molar-refractivity contribution in [2.45, 2.75) is 0 Å². The quantitative estimate of drug-likeness (QED) is 0.222. The average molecular weight is 505 g/mol. The third-order valence-electron chi connectivity index (χ3n) is 0. The van der Waals surface area contributed by atoms with E-state index in [0.29, 0.717) is 0 Å². The molecule has 0 bridgehead atoms. The fraction of sp³-hybridized carbons (Fsp3) is 0. The van der Waals surface area contributed by atoms with E-state index in [1.807, 2.05) is 0 Å². The van der Waals surface area contributed by atoms with Crippen molar-refractivity contribution in [3.8, 4) is 0 Å². The Morgan fingerprint density at radius 1 is 0.364 bits per heavy atom. The molecule has 149 valence electrons. The number of rotatable bonds is 0. The molecule has 18 N–H and O–H groups in total. The van der Waals surface area contributed by atoms with Gasteiger partial charge >= 0.3 is 39.9 Å². The summed E-state index contributed by atoms with van der Waals surface area (Å²) in [7, 11) is 0. The van der Waals surface area contributed by atoms with Crippen molar-refractivity contribution in [1.29, 1.82) is 0 Å². The van der Waals surface area contributed by atoms with Crippen LogP contribution < -0.4 is 0 Å². The summed E-state index contributed by atoms with van der Waals surface area (Å²) in [4.78, 5) is 24.8. The molecule has 0 aliphatic heterocycles. The summed E-state index contributed by atoms with van der Waals surface area (Å²) in [6, 6.07) is 0. The Labute approximate surface area is 150 Å². The van der Waals surface area contributed by atoms with Gasteiger partial charge in [-0.1, -0.05) is 0 Å². The molecule has 0 spiro atoms. The molecule has 21 nitrogen and oxygen atoms in total. The molecular weight excluding hydrogens is 487 g/mol. The van der Waals surface area contributed by atoms with Gasteiger partial charge in [0, 0.05) is 0 Å². The second-order valence-electron chi connectivity index (χ2n) is 0.671. The first-order valence-corrected chi connectivity index (χ1v) is 1.64. The van der Waals surface area contributed by atoms with Gasteiger partial charge in [-0.25, -0.2) is 0 Å². The molecule has 0 atom stereocenters. The smallest absolute Gasteiger partial charge is 0.412 e. The average Bonchev–Trinajstić information content (AvgIpc) is 1.54. The van der Waals surface area contributed by atoms with Gasteiger partial charge in [-0.05, 0) is 0 Å². The van der Waals surface area contributed by atoms with Gasteiger partial charge in [-0.15, -0.1) is 0 Å². The minimum absolute atomic E-state index is 0. The Morgan fingerprint density at radius 3 is 0.364 bits per heavy atom. The SMILES string of the molecule is O.O.O.O.O.O.O.O.O.O=[N+]([O-])[O-].O=[N+]([O-])[O-].O=[N+]([O-])[O-].[Gd+3]. The van der Waals surface area contributed by atoms with Crippen molar-refractivity contribution in [2.24, 2.45) is 0 Å². The van der Waals surface area contributed by atoms with E-state index in [1.165, 1.54) is 0 Å². The first-order chi connectivity index (χ1) is 5.20. The molecule has 0 fully saturated rings. The topological polar surface area (TPSA) is 482 Å². The molecule has 0 saturated heterocycles. The predicted molar refractivity (Wildman–Crippen MR) is 63.6 cm³/mol. The van der Waals surface area contributed by atoms with Crippen molar-refractivity contribution < 1.29 is 104 Å². The maximum atomic E-state index is 8.25. The molecule has 0 unspecified atom stereocenters. The summed E-state index contributed by atoms with van der Waals surface area (Å²) < 4.78 is 0. The first kappa shape index (κ1) is 138. The molecule has 0 aliphatic rings. The summed E-state index contributed by atoms with van der Waals surface area (Å²) >= 11 is 0. The van der Waals surface area contributed by atoms with E-state index in [9.17, 15) is 0 Å². The second kappa shape index (κ2) is 118. The largest absolute Gasteiger partial charge is 3.00 e. The molecule has 0 rings (SSSR count). The first-order valence-electron chi connectivity index (χ1n) is 1.64. The van der Waals surface area contributed by atoms with Crippen molar-refractivity contribution >= 4 is 0 Å². The fourth-order valence-electron chi connectivity index (χ4n) is 0. The van der Waals surface area contributed by atoms with Gasteiger partial charge < -0.3 is 95.3 Å². The van der Waals surface area contributed by atoms with Crippen LogP contribution in [0.3, 0.4) is 0 Å². The summed E-state index contributed by atoms with van der Waals surface area (Å²) in [5.41, 5.74) is 0. The molecule has 22 heteroatoms. The van der Waals surface area contributed by atoms with E-state index in [2.05, 4.69) is 0 Å². The summed E-state index contributed by atoms with van der Waals surface area (Å²) in [6.07, 6.45) is 0. The minimum Gasteiger partial charge on any atom is -0.412 e. The van der Waals surface area contributed by atoms with E-state index < -0.39 is 15.3 Å². The van der Waals surface area contributed by atoms with Crippen LogP contribution in [0, 0.1) is 85.9 Å². The predicted octanol–water partition coefficient (Wildman–Crippen LogP) is -8.14. The van der Waals surface area contributed by atoms with Gasteiger partial charge in [-0.2, -0.15) is 0 Å². The molecule has 22 heavy (non-hydrogen) atoms. The molecule has 0 saturated carbocycles. The third kappa shape index (κ3) is 2780. The van der Waals surface area contributed by atoms with Crippen LogP contribution in [0.5, 0.6) is 0 Å². The number of hydrogen-bond donors (Lipinski definition) is 0. The van der Waals surface area contributed by atoms with Gasteiger partial charge in [0.15, 0.2) is 0 Å². The Morgan fingerprint density at radius 2 is 0.364 bits per heavy atom. The Kier molecular flexibility index (Phi) is 737. The fourth-order valence-corrected chi connectivity index (χ4v) is 0. The van der Waals surface area contributed by atoms with E-state index in [-0.39, 0.29) is 89.2 Å². The Balaban J connectivity index is -0.00000000409. The summed E-state index contributed by atoms with van der Waals surface area (Å²) in [6.45, 7) is 0. The van der Waals surface area contributed by atoms with Gasteiger partial charge in [0.1, 0.15) is 0 Å². The molecule has 0 aromatic heterocycles. The Bertz CT molecular complexity index is 116. The summed E-state index contributed by atoms with van der Waals surface area (Å²) in [5, 5.41) is 44.2. The van der Waals surface area contributed by atoms with Crippen molar-refractivity contribution in [1.82, 2.24) is 0 Å². The zero-order valence-corrected chi connectivity index (χ0v) is 12.1. The molecule has 0 aromatic rings. The van der Waals surface area contributed by atoms with Crippen LogP contribution >= 0.6 is 0 Å². The Hall–Kier alpha value is -1.44. The standard InChI is InChI=1S/Gd.3NO3.9H2O/c;3*2-1(3)4;;;;;;;;;/h;;;;9*1H2/q+3;3*-1;;;;;;;;;. The number of hydrogen-bond acceptors (Lipinski definition) is 9. The second-order valence-corrected chi connectivity index (χ2v) is 0.671. The summed E-state index contributed by atoms with van der Waals surface area (Å²) in [5.74, 6) is 0. The van der Waals surface area contributed by atoms with E-state index in [1.54, 1.807) is 0 Å². The zero-order valence-electron chi connectivity index (χ0n) is 9.87. The minimum atomic E-state index is -1.75. The molecule has 0 heterocycles. The van der Waals surface area contributed by atoms with Crippen LogP contribution in [-0.2, 0) is 0 Å². The monoisotopic (exact) mass is 506 g/mol. The van der Waals surface area contributed by atoms with Crippen molar-refractivity contribution in [2.75, 3.05) is 0 Å². The van der Waals surface area contributed by atoms with E-state index in [0.717, 1.165) is 0 Å². The number of nitrogens with zero attached hydrogens (tertiary/aromatic N) is 3. The van der Waals surface area contributed by atoms with Gasteiger partial charge in [0.25, 0.3) is 0 Å². The van der Waals surface area contributed by atoms with Gasteiger partial charge in [0.05, 0.1) is 15.3 Å². The van der Waals surface area contributed by atoms with Crippen LogP contribution in [0.25, 0.3) is 0 Å². The van der Waals surface area contributed by atoms with Crippen LogP contribution in [0.2, 0.25) is 0 Å². The van der Waals surface area contributed by atoms with Crippen LogP contribution in [-0.4, -0.2) is 64.5 Å². The molecule has 0 aliphatic carbocycles. The van der Waals surface area contributed by atoms with Gasteiger partial charge in [-0.3, -0.25) is 0 Å². The van der Waals surface area contributed by atoms with Crippen LogP contribution in [0.4, 0.5) is 0 Å². The normalized spacial score (nSPS) is 3.27. The van der Waals surface area contributed by atoms with Gasteiger partial charge in [0.2, 0.25) is 0 Å². The van der Waals surface area contributed by atoms with E-state index >= 15 is 0 Å². The van der Waals surface area contributed by atoms with E-state index in [4.69, 9.17) is 46.0 Å². The maximum Gasteiger partial charge on any atom is 3.00 e. The molecule has 1 radical (unpaired) electrons. The molecule has 0 aromatic carbocycles.